The number of hydrogen-bond acceptors (Lipinski definition) is 5. The first kappa shape index (κ1) is 16.1. The molecule has 0 N–H and O–H groups in total. The van der Waals surface area contributed by atoms with Crippen LogP contribution in [0.1, 0.15) is 12.5 Å². The highest BCUT2D eigenvalue weighted by Gasteiger charge is 2.33. The van der Waals surface area contributed by atoms with Crippen molar-refractivity contribution in [2.75, 3.05) is 34.0 Å². The van der Waals surface area contributed by atoms with Gasteiger partial charge in [-0.2, -0.15) is 4.31 Å². The first-order chi connectivity index (χ1) is 9.91. The van der Waals surface area contributed by atoms with Gasteiger partial charge in [0.15, 0.2) is 11.5 Å². The minimum atomic E-state index is -3.58. The van der Waals surface area contributed by atoms with Crippen LogP contribution in [0.4, 0.5) is 0 Å². The maximum absolute atomic E-state index is 12.9. The summed E-state index contributed by atoms with van der Waals surface area (Å²) in [5, 5.41) is 0. The predicted molar refractivity (Wildman–Crippen MR) is 78.5 cm³/mol. The molecule has 7 heteroatoms. The van der Waals surface area contributed by atoms with Crippen LogP contribution in [0.2, 0.25) is 0 Å². The number of morpholine rings is 1. The lowest BCUT2D eigenvalue weighted by Gasteiger charge is -2.32. The van der Waals surface area contributed by atoms with Crippen LogP contribution in [0, 0.1) is 6.92 Å². The fourth-order valence-electron chi connectivity index (χ4n) is 2.44. The Kier molecular flexibility index (Phi) is 4.75. The van der Waals surface area contributed by atoms with Gasteiger partial charge in [0.2, 0.25) is 10.0 Å². The van der Waals surface area contributed by atoms with Crippen LogP contribution in [0.25, 0.3) is 0 Å². The standard InChI is InChI=1S/C14H21NO5S/c1-10-7-12(18-3)13(19-4)8-14(10)21(16,17)15-5-6-20-9-11(15)2/h7-8,11H,5-6,9H2,1-4H3/t11-/m0/s1. The van der Waals surface area contributed by atoms with Crippen LogP contribution >= 0.6 is 0 Å². The van der Waals surface area contributed by atoms with Gasteiger partial charge in [-0.1, -0.05) is 0 Å². The van der Waals surface area contributed by atoms with Crippen LogP contribution < -0.4 is 9.47 Å². The van der Waals surface area contributed by atoms with Crippen molar-refractivity contribution in [3.63, 3.8) is 0 Å². The van der Waals surface area contributed by atoms with E-state index < -0.39 is 10.0 Å². The molecule has 0 aliphatic carbocycles. The Hall–Kier alpha value is -1.31. The molecule has 0 amide bonds. The monoisotopic (exact) mass is 315 g/mol. The van der Waals surface area contributed by atoms with Crippen molar-refractivity contribution in [3.8, 4) is 11.5 Å². The number of rotatable bonds is 4. The molecule has 1 aromatic rings. The van der Waals surface area contributed by atoms with E-state index in [0.717, 1.165) is 0 Å². The molecule has 2 rings (SSSR count). The Bertz CT molecular complexity index is 614. The molecule has 21 heavy (non-hydrogen) atoms. The molecule has 0 aromatic heterocycles. The van der Waals surface area contributed by atoms with Crippen LogP contribution in [-0.2, 0) is 14.8 Å². The van der Waals surface area contributed by atoms with Crippen molar-refractivity contribution >= 4 is 10.0 Å². The molecule has 1 aliphatic heterocycles. The molecular formula is C14H21NO5S. The normalized spacial score (nSPS) is 20.3. The van der Waals surface area contributed by atoms with Crippen molar-refractivity contribution in [1.29, 1.82) is 0 Å². The van der Waals surface area contributed by atoms with E-state index in [1.54, 1.807) is 13.0 Å². The lowest BCUT2D eigenvalue weighted by atomic mass is 10.2. The Morgan fingerprint density at radius 2 is 1.86 bits per heavy atom. The fraction of sp³-hybridized carbons (Fsp3) is 0.571. The Balaban J connectivity index is 2.49. The number of sulfonamides is 1. The molecule has 0 spiro atoms. The summed E-state index contributed by atoms with van der Waals surface area (Å²) in [5.74, 6) is 0.923. The maximum Gasteiger partial charge on any atom is 0.243 e. The van der Waals surface area contributed by atoms with Crippen LogP contribution in [0.15, 0.2) is 17.0 Å². The van der Waals surface area contributed by atoms with E-state index in [1.165, 1.54) is 24.6 Å². The summed E-state index contributed by atoms with van der Waals surface area (Å²) in [6.07, 6.45) is 0. The molecule has 0 bridgehead atoms. The molecule has 1 saturated heterocycles. The number of ether oxygens (including phenoxy) is 3. The van der Waals surface area contributed by atoms with Gasteiger partial charge in [0.1, 0.15) is 0 Å². The van der Waals surface area contributed by atoms with Gasteiger partial charge in [0, 0.05) is 18.7 Å². The summed E-state index contributed by atoms with van der Waals surface area (Å²) in [6, 6.07) is 3.01. The van der Waals surface area contributed by atoms with E-state index in [4.69, 9.17) is 14.2 Å². The number of methoxy groups -OCH3 is 2. The third-order valence-corrected chi connectivity index (χ3v) is 5.73. The first-order valence-corrected chi connectivity index (χ1v) is 8.18. The third-order valence-electron chi connectivity index (χ3n) is 3.57. The largest absolute Gasteiger partial charge is 0.493 e. The predicted octanol–water partition coefficient (Wildman–Crippen LogP) is 1.42. The van der Waals surface area contributed by atoms with Gasteiger partial charge >= 0.3 is 0 Å². The first-order valence-electron chi connectivity index (χ1n) is 6.74. The summed E-state index contributed by atoms with van der Waals surface area (Å²) < 4.78 is 42.9. The summed E-state index contributed by atoms with van der Waals surface area (Å²) >= 11 is 0. The molecule has 1 heterocycles. The second-order valence-electron chi connectivity index (χ2n) is 5.01. The molecular weight excluding hydrogens is 294 g/mol. The topological polar surface area (TPSA) is 65.1 Å². The smallest absolute Gasteiger partial charge is 0.243 e. The zero-order valence-electron chi connectivity index (χ0n) is 12.8. The van der Waals surface area contributed by atoms with Gasteiger partial charge in [-0.15, -0.1) is 0 Å². The van der Waals surface area contributed by atoms with Gasteiger partial charge in [0.05, 0.1) is 32.3 Å². The number of hydrogen-bond donors (Lipinski definition) is 0. The highest BCUT2D eigenvalue weighted by Crippen LogP contribution is 2.34. The minimum Gasteiger partial charge on any atom is -0.493 e. The van der Waals surface area contributed by atoms with Gasteiger partial charge in [0.25, 0.3) is 0 Å². The molecule has 1 atom stereocenters. The Morgan fingerprint density at radius 3 is 2.43 bits per heavy atom. The molecule has 1 aromatic carbocycles. The number of nitrogens with zero attached hydrogens (tertiary/aromatic N) is 1. The highest BCUT2D eigenvalue weighted by molar-refractivity contribution is 7.89. The SMILES string of the molecule is COc1cc(C)c(S(=O)(=O)N2CCOC[C@@H]2C)cc1OC. The summed E-state index contributed by atoms with van der Waals surface area (Å²) in [7, 11) is -0.571. The molecule has 1 aliphatic rings. The summed E-state index contributed by atoms with van der Waals surface area (Å²) in [6.45, 7) is 4.77. The third kappa shape index (κ3) is 3.00. The number of aryl methyl sites for hydroxylation is 1. The zero-order valence-corrected chi connectivity index (χ0v) is 13.6. The zero-order chi connectivity index (χ0) is 15.6. The fourth-order valence-corrected chi connectivity index (χ4v) is 4.26. The van der Waals surface area contributed by atoms with Crippen LogP contribution in [0.3, 0.4) is 0 Å². The van der Waals surface area contributed by atoms with E-state index in [1.807, 2.05) is 6.92 Å². The highest BCUT2D eigenvalue weighted by atomic mass is 32.2. The van der Waals surface area contributed by atoms with Crippen molar-refractivity contribution < 1.29 is 22.6 Å². The van der Waals surface area contributed by atoms with Crippen molar-refractivity contribution in [3.05, 3.63) is 17.7 Å². The molecule has 118 valence electrons. The lowest BCUT2D eigenvalue weighted by molar-refractivity contribution is 0.0392. The molecule has 0 unspecified atom stereocenters. The molecule has 1 fully saturated rings. The van der Waals surface area contributed by atoms with Gasteiger partial charge in [-0.25, -0.2) is 8.42 Å². The summed E-state index contributed by atoms with van der Waals surface area (Å²) in [5.41, 5.74) is 0.631. The second kappa shape index (κ2) is 6.21. The summed E-state index contributed by atoms with van der Waals surface area (Å²) in [4.78, 5) is 0.244. The second-order valence-corrected chi connectivity index (χ2v) is 6.87. The van der Waals surface area contributed by atoms with E-state index in [9.17, 15) is 8.42 Å². The van der Waals surface area contributed by atoms with E-state index in [0.29, 0.717) is 36.8 Å². The van der Waals surface area contributed by atoms with E-state index in [-0.39, 0.29) is 10.9 Å². The number of benzene rings is 1. The minimum absolute atomic E-state index is 0.184. The average molecular weight is 315 g/mol. The maximum atomic E-state index is 12.9. The Morgan fingerprint density at radius 1 is 1.24 bits per heavy atom. The van der Waals surface area contributed by atoms with E-state index in [2.05, 4.69) is 0 Å². The van der Waals surface area contributed by atoms with Gasteiger partial charge in [-0.3, -0.25) is 0 Å². The quantitative estimate of drug-likeness (QED) is 0.841. The van der Waals surface area contributed by atoms with Gasteiger partial charge < -0.3 is 14.2 Å². The van der Waals surface area contributed by atoms with Gasteiger partial charge in [-0.05, 0) is 25.5 Å². The van der Waals surface area contributed by atoms with Crippen molar-refractivity contribution in [2.45, 2.75) is 24.8 Å². The van der Waals surface area contributed by atoms with E-state index >= 15 is 0 Å². The molecule has 0 radical (unpaired) electrons. The lowest BCUT2D eigenvalue weighted by Crippen LogP contribution is -2.47. The molecule has 6 nitrogen and oxygen atoms in total. The Labute approximate surface area is 125 Å². The van der Waals surface area contributed by atoms with Crippen LogP contribution in [0.5, 0.6) is 11.5 Å². The van der Waals surface area contributed by atoms with Crippen molar-refractivity contribution in [2.24, 2.45) is 0 Å². The van der Waals surface area contributed by atoms with Crippen LogP contribution in [-0.4, -0.2) is 52.7 Å². The van der Waals surface area contributed by atoms with Crippen molar-refractivity contribution in [1.82, 2.24) is 4.31 Å². The average Bonchev–Trinajstić information content (AvgIpc) is 2.46. The molecule has 0 saturated carbocycles.